The summed E-state index contributed by atoms with van der Waals surface area (Å²) >= 11 is 0. The van der Waals surface area contributed by atoms with Gasteiger partial charge in [0.2, 0.25) is 0 Å². The summed E-state index contributed by atoms with van der Waals surface area (Å²) in [6, 6.07) is 59.2. The molecule has 0 fully saturated rings. The van der Waals surface area contributed by atoms with E-state index in [4.69, 9.17) is 15.0 Å². The van der Waals surface area contributed by atoms with Crippen LogP contribution < -0.4 is 0 Å². The van der Waals surface area contributed by atoms with Gasteiger partial charge in [0.1, 0.15) is 5.69 Å². The molecule has 0 aliphatic carbocycles. The maximum Gasteiger partial charge on any atom is 0.179 e. The minimum absolute atomic E-state index is 0.604. The molecule has 3 aromatic heterocycles. The Hall–Kier alpha value is -6.39. The van der Waals surface area contributed by atoms with Crippen LogP contribution >= 0.6 is 0 Å². The Morgan fingerprint density at radius 1 is 0.362 bits per heavy atom. The van der Waals surface area contributed by atoms with Gasteiger partial charge in [0.25, 0.3) is 0 Å². The molecule has 0 unspecified atom stereocenters. The first kappa shape index (κ1) is 27.0. The van der Waals surface area contributed by atoms with Gasteiger partial charge in [-0.05, 0) is 65.7 Å². The molecule has 0 N–H and O–H groups in total. The van der Waals surface area contributed by atoms with Gasteiger partial charge < -0.3 is 4.57 Å². The molecular formula is C43H28N4. The van der Waals surface area contributed by atoms with E-state index >= 15 is 0 Å². The Morgan fingerprint density at radius 2 is 1.02 bits per heavy atom. The third-order valence-corrected chi connectivity index (χ3v) is 8.80. The third kappa shape index (κ3) is 4.84. The quantitative estimate of drug-likeness (QED) is 0.197. The van der Waals surface area contributed by atoms with E-state index in [1.54, 1.807) is 0 Å². The topological polar surface area (TPSA) is 43.6 Å². The van der Waals surface area contributed by atoms with Crippen LogP contribution in [0.2, 0.25) is 0 Å². The minimum Gasteiger partial charge on any atom is -0.309 e. The average molecular weight is 601 g/mol. The molecule has 0 amide bonds. The van der Waals surface area contributed by atoms with Gasteiger partial charge in [0.15, 0.2) is 5.82 Å². The van der Waals surface area contributed by atoms with Crippen molar-refractivity contribution in [3.05, 3.63) is 170 Å². The van der Waals surface area contributed by atoms with Gasteiger partial charge in [-0.3, -0.25) is 0 Å². The second-order valence-electron chi connectivity index (χ2n) is 11.7. The van der Waals surface area contributed by atoms with E-state index in [0.717, 1.165) is 55.9 Å². The monoisotopic (exact) mass is 600 g/mol. The number of aromatic nitrogens is 4. The Labute approximate surface area is 272 Å². The highest BCUT2D eigenvalue weighted by Gasteiger charge is 2.15. The summed E-state index contributed by atoms with van der Waals surface area (Å²) in [6.07, 6.45) is 0. The van der Waals surface area contributed by atoms with E-state index in [-0.39, 0.29) is 0 Å². The lowest BCUT2D eigenvalue weighted by atomic mass is 9.99. The number of benzene rings is 6. The van der Waals surface area contributed by atoms with Gasteiger partial charge in [-0.1, -0.05) is 115 Å². The molecule has 220 valence electrons. The molecule has 4 heteroatoms. The van der Waals surface area contributed by atoms with Crippen LogP contribution in [0.5, 0.6) is 0 Å². The fourth-order valence-electron chi connectivity index (χ4n) is 6.52. The molecule has 0 saturated heterocycles. The highest BCUT2D eigenvalue weighted by molar-refractivity contribution is 6.10. The molecule has 0 saturated carbocycles. The molecular weight excluding hydrogens is 573 g/mol. The number of hydrogen-bond acceptors (Lipinski definition) is 3. The number of rotatable bonds is 5. The summed E-state index contributed by atoms with van der Waals surface area (Å²) in [5.74, 6) is 0.604. The predicted octanol–water partition coefficient (Wildman–Crippen LogP) is 10.8. The second kappa shape index (κ2) is 11.2. The van der Waals surface area contributed by atoms with E-state index in [9.17, 15) is 0 Å². The molecule has 4 nitrogen and oxygen atoms in total. The number of fused-ring (bicyclic) bond motifs is 4. The molecule has 9 aromatic rings. The van der Waals surface area contributed by atoms with Crippen LogP contribution in [-0.2, 0) is 0 Å². The standard InChI is InChI=1S/C43H28N4/c1-3-12-29(13-4-1)39-28-40(46-43(45-39)38-24-22-30-14-7-9-20-37(30)44-38)33-16-11-15-31(26-33)32-23-25-42-36(27-32)35-19-8-10-21-41(35)47(42)34-17-5-2-6-18-34/h1-28H. The van der Waals surface area contributed by atoms with E-state index in [1.165, 1.54) is 21.8 Å². The van der Waals surface area contributed by atoms with Crippen molar-refractivity contribution >= 4 is 32.7 Å². The highest BCUT2D eigenvalue weighted by Crippen LogP contribution is 2.36. The molecule has 47 heavy (non-hydrogen) atoms. The number of hydrogen-bond donors (Lipinski definition) is 0. The summed E-state index contributed by atoms with van der Waals surface area (Å²) in [4.78, 5) is 15.0. The summed E-state index contributed by atoms with van der Waals surface area (Å²) in [6.45, 7) is 0. The molecule has 0 atom stereocenters. The second-order valence-corrected chi connectivity index (χ2v) is 11.7. The Morgan fingerprint density at radius 3 is 1.89 bits per heavy atom. The minimum atomic E-state index is 0.604. The maximum atomic E-state index is 5.09. The lowest BCUT2D eigenvalue weighted by Gasteiger charge is -2.11. The van der Waals surface area contributed by atoms with Crippen LogP contribution in [0, 0.1) is 0 Å². The van der Waals surface area contributed by atoms with Crippen molar-refractivity contribution in [2.75, 3.05) is 0 Å². The first-order valence-electron chi connectivity index (χ1n) is 15.8. The summed E-state index contributed by atoms with van der Waals surface area (Å²) in [5, 5.41) is 3.55. The van der Waals surface area contributed by atoms with Crippen molar-refractivity contribution in [3.8, 4) is 50.8 Å². The Kier molecular flexibility index (Phi) is 6.43. The van der Waals surface area contributed by atoms with Gasteiger partial charge >= 0.3 is 0 Å². The van der Waals surface area contributed by atoms with E-state index in [1.807, 2.05) is 42.5 Å². The zero-order valence-electron chi connectivity index (χ0n) is 25.5. The van der Waals surface area contributed by atoms with Crippen molar-refractivity contribution in [2.45, 2.75) is 0 Å². The molecule has 0 aliphatic heterocycles. The van der Waals surface area contributed by atoms with Crippen molar-refractivity contribution in [3.63, 3.8) is 0 Å². The largest absolute Gasteiger partial charge is 0.309 e. The smallest absolute Gasteiger partial charge is 0.179 e. The van der Waals surface area contributed by atoms with Crippen molar-refractivity contribution in [2.24, 2.45) is 0 Å². The SMILES string of the molecule is c1ccc(-c2cc(-c3cccc(-c4ccc5c(c4)c4ccccc4n5-c4ccccc4)c3)nc(-c3ccc4ccccc4n3)n2)cc1. The summed E-state index contributed by atoms with van der Waals surface area (Å²) < 4.78 is 2.35. The molecule has 0 aliphatic rings. The van der Waals surface area contributed by atoms with Gasteiger partial charge in [0.05, 0.1) is 27.9 Å². The van der Waals surface area contributed by atoms with Crippen LogP contribution in [0.25, 0.3) is 83.6 Å². The summed E-state index contributed by atoms with van der Waals surface area (Å²) in [5.41, 5.74) is 11.3. The van der Waals surface area contributed by atoms with Gasteiger partial charge in [-0.15, -0.1) is 0 Å². The fourth-order valence-corrected chi connectivity index (χ4v) is 6.52. The van der Waals surface area contributed by atoms with Gasteiger partial charge in [-0.2, -0.15) is 0 Å². The van der Waals surface area contributed by atoms with Crippen molar-refractivity contribution in [1.82, 2.24) is 19.5 Å². The average Bonchev–Trinajstić information content (AvgIpc) is 3.49. The Bertz CT molecular complexity index is 2570. The first-order chi connectivity index (χ1) is 23.3. The van der Waals surface area contributed by atoms with Gasteiger partial charge in [-0.25, -0.2) is 15.0 Å². The first-order valence-corrected chi connectivity index (χ1v) is 15.8. The summed E-state index contributed by atoms with van der Waals surface area (Å²) in [7, 11) is 0. The third-order valence-electron chi connectivity index (χ3n) is 8.80. The normalized spacial score (nSPS) is 11.4. The van der Waals surface area contributed by atoms with E-state index in [2.05, 4.69) is 132 Å². The van der Waals surface area contributed by atoms with Crippen LogP contribution in [0.15, 0.2) is 170 Å². The van der Waals surface area contributed by atoms with Crippen LogP contribution in [-0.4, -0.2) is 19.5 Å². The number of nitrogens with zero attached hydrogens (tertiary/aromatic N) is 4. The lowest BCUT2D eigenvalue weighted by molar-refractivity contribution is 1.16. The molecule has 0 spiro atoms. The fraction of sp³-hybridized carbons (Fsp3) is 0. The number of para-hydroxylation sites is 3. The lowest BCUT2D eigenvalue weighted by Crippen LogP contribution is -1.97. The van der Waals surface area contributed by atoms with Gasteiger partial charge in [0, 0.05) is 33.0 Å². The molecule has 3 heterocycles. The molecule has 0 radical (unpaired) electrons. The molecule has 6 aromatic carbocycles. The van der Waals surface area contributed by atoms with E-state index in [0.29, 0.717) is 5.82 Å². The van der Waals surface area contributed by atoms with Crippen molar-refractivity contribution < 1.29 is 0 Å². The zero-order valence-corrected chi connectivity index (χ0v) is 25.5. The van der Waals surface area contributed by atoms with Crippen LogP contribution in [0.1, 0.15) is 0 Å². The highest BCUT2D eigenvalue weighted by atomic mass is 15.0. The molecule has 9 rings (SSSR count). The van der Waals surface area contributed by atoms with Crippen LogP contribution in [0.3, 0.4) is 0 Å². The molecule has 0 bridgehead atoms. The Balaban J connectivity index is 1.18. The van der Waals surface area contributed by atoms with E-state index < -0.39 is 0 Å². The zero-order chi connectivity index (χ0) is 31.2. The van der Waals surface area contributed by atoms with Crippen molar-refractivity contribution in [1.29, 1.82) is 0 Å². The number of pyridine rings is 1. The predicted molar refractivity (Wildman–Crippen MR) is 193 cm³/mol. The maximum absolute atomic E-state index is 5.09. The van der Waals surface area contributed by atoms with Crippen LogP contribution in [0.4, 0.5) is 0 Å².